The van der Waals surface area contributed by atoms with E-state index in [9.17, 15) is 4.79 Å². The van der Waals surface area contributed by atoms with Gasteiger partial charge in [-0.05, 0) is 37.5 Å². The minimum atomic E-state index is 0.0555. The molecule has 2 heteroatoms. The van der Waals surface area contributed by atoms with Crippen molar-refractivity contribution < 1.29 is 4.79 Å². The molecule has 0 radical (unpaired) electrons. The third kappa shape index (κ3) is 2.43. The zero-order valence-corrected chi connectivity index (χ0v) is 9.36. The van der Waals surface area contributed by atoms with E-state index in [0.29, 0.717) is 0 Å². The summed E-state index contributed by atoms with van der Waals surface area (Å²) in [6.07, 6.45) is 7.36. The molecule has 1 unspecified atom stereocenters. The summed E-state index contributed by atoms with van der Waals surface area (Å²) in [4.78, 5) is 11.6. The first kappa shape index (κ1) is 10.8. The Morgan fingerprint density at radius 1 is 1.44 bits per heavy atom. The number of nitrogens with one attached hydrogen (secondary N) is 1. The van der Waals surface area contributed by atoms with E-state index < -0.39 is 0 Å². The Balaban J connectivity index is 1.99. The van der Waals surface area contributed by atoms with Crippen molar-refractivity contribution >= 4 is 5.91 Å². The van der Waals surface area contributed by atoms with E-state index >= 15 is 0 Å². The summed E-state index contributed by atoms with van der Waals surface area (Å²) in [5.41, 5.74) is 1.96. The predicted molar refractivity (Wildman–Crippen MR) is 63.7 cm³/mol. The highest BCUT2D eigenvalue weighted by Gasteiger charge is 2.30. The zero-order valence-electron chi connectivity index (χ0n) is 9.36. The van der Waals surface area contributed by atoms with Gasteiger partial charge in [-0.3, -0.25) is 4.79 Å². The van der Waals surface area contributed by atoms with E-state index in [4.69, 9.17) is 6.42 Å². The van der Waals surface area contributed by atoms with Crippen molar-refractivity contribution in [3.8, 4) is 12.3 Å². The lowest BCUT2D eigenvalue weighted by Crippen LogP contribution is -2.27. The molecular weight excluding hydrogens is 198 g/mol. The van der Waals surface area contributed by atoms with Gasteiger partial charge in [0.1, 0.15) is 0 Å². The number of benzene rings is 1. The number of amides is 1. The standard InChI is InChI=1S/C14H15NO/c1-3-11-4-6-12(7-5-11)10(2)15-14(16)13-8-9-13/h1,4-7,10,13H,8-9H2,2H3,(H,15,16). The Kier molecular flexibility index (Phi) is 2.96. The van der Waals surface area contributed by atoms with Crippen LogP contribution in [0.1, 0.15) is 36.9 Å². The SMILES string of the molecule is C#Cc1ccc(C(C)NC(=O)C2CC2)cc1. The maximum atomic E-state index is 11.6. The quantitative estimate of drug-likeness (QED) is 0.767. The molecule has 1 aromatic carbocycles. The fourth-order valence-electron chi connectivity index (χ4n) is 1.63. The van der Waals surface area contributed by atoms with Crippen LogP contribution in [0.5, 0.6) is 0 Å². The molecule has 1 aliphatic carbocycles. The molecule has 0 aromatic heterocycles. The van der Waals surface area contributed by atoms with E-state index in [1.807, 2.05) is 31.2 Å². The van der Waals surface area contributed by atoms with Crippen molar-refractivity contribution in [3.63, 3.8) is 0 Å². The molecule has 0 heterocycles. The second kappa shape index (κ2) is 4.40. The molecule has 1 fully saturated rings. The second-order valence-corrected chi connectivity index (χ2v) is 4.27. The second-order valence-electron chi connectivity index (χ2n) is 4.27. The number of hydrogen-bond acceptors (Lipinski definition) is 1. The Hall–Kier alpha value is -1.75. The molecule has 82 valence electrons. The van der Waals surface area contributed by atoms with Crippen molar-refractivity contribution in [1.82, 2.24) is 5.32 Å². The van der Waals surface area contributed by atoms with E-state index in [1.54, 1.807) is 0 Å². The monoisotopic (exact) mass is 213 g/mol. The first-order chi connectivity index (χ1) is 7.70. The van der Waals surface area contributed by atoms with Gasteiger partial charge < -0.3 is 5.32 Å². The summed E-state index contributed by atoms with van der Waals surface area (Å²) in [5, 5.41) is 3.00. The van der Waals surface area contributed by atoms with Gasteiger partial charge in [0.05, 0.1) is 6.04 Å². The summed E-state index contributed by atoms with van der Waals surface area (Å²) >= 11 is 0. The minimum absolute atomic E-state index is 0.0555. The Bertz CT molecular complexity index is 423. The van der Waals surface area contributed by atoms with Gasteiger partial charge in [0.2, 0.25) is 5.91 Å². The molecule has 1 aliphatic rings. The normalized spacial score (nSPS) is 16.2. The van der Waals surface area contributed by atoms with Crippen molar-refractivity contribution in [3.05, 3.63) is 35.4 Å². The van der Waals surface area contributed by atoms with Crippen molar-refractivity contribution in [1.29, 1.82) is 0 Å². The number of terminal acetylenes is 1. The van der Waals surface area contributed by atoms with Gasteiger partial charge in [-0.2, -0.15) is 0 Å². The molecule has 1 saturated carbocycles. The third-order valence-corrected chi connectivity index (χ3v) is 2.88. The fraction of sp³-hybridized carbons (Fsp3) is 0.357. The van der Waals surface area contributed by atoms with E-state index in [2.05, 4.69) is 11.2 Å². The Morgan fingerprint density at radius 3 is 2.56 bits per heavy atom. The average molecular weight is 213 g/mol. The van der Waals surface area contributed by atoms with Crippen LogP contribution in [0.4, 0.5) is 0 Å². The van der Waals surface area contributed by atoms with Crippen LogP contribution in [0, 0.1) is 18.3 Å². The van der Waals surface area contributed by atoms with Crippen molar-refractivity contribution in [2.24, 2.45) is 5.92 Å². The van der Waals surface area contributed by atoms with Gasteiger partial charge in [0.15, 0.2) is 0 Å². The minimum Gasteiger partial charge on any atom is -0.349 e. The van der Waals surface area contributed by atoms with E-state index in [0.717, 1.165) is 24.0 Å². The van der Waals surface area contributed by atoms with Crippen LogP contribution in [0.25, 0.3) is 0 Å². The highest BCUT2D eigenvalue weighted by Crippen LogP contribution is 2.29. The maximum Gasteiger partial charge on any atom is 0.223 e. The topological polar surface area (TPSA) is 29.1 Å². The van der Waals surface area contributed by atoms with E-state index in [-0.39, 0.29) is 17.9 Å². The highest BCUT2D eigenvalue weighted by atomic mass is 16.2. The largest absolute Gasteiger partial charge is 0.349 e. The van der Waals surface area contributed by atoms with Gasteiger partial charge >= 0.3 is 0 Å². The molecule has 0 bridgehead atoms. The molecule has 0 spiro atoms. The number of hydrogen-bond donors (Lipinski definition) is 1. The molecule has 1 aromatic rings. The molecular formula is C14H15NO. The molecule has 1 N–H and O–H groups in total. The lowest BCUT2D eigenvalue weighted by atomic mass is 10.1. The lowest BCUT2D eigenvalue weighted by molar-refractivity contribution is -0.122. The van der Waals surface area contributed by atoms with Crippen LogP contribution in [0.15, 0.2) is 24.3 Å². The molecule has 2 nitrogen and oxygen atoms in total. The summed E-state index contributed by atoms with van der Waals surface area (Å²) < 4.78 is 0. The predicted octanol–water partition coefficient (Wildman–Crippen LogP) is 2.26. The summed E-state index contributed by atoms with van der Waals surface area (Å²) in [7, 11) is 0. The number of rotatable bonds is 3. The lowest BCUT2D eigenvalue weighted by Gasteiger charge is -2.14. The summed E-state index contributed by atoms with van der Waals surface area (Å²) in [6, 6.07) is 7.78. The van der Waals surface area contributed by atoms with Crippen molar-refractivity contribution in [2.75, 3.05) is 0 Å². The molecule has 2 rings (SSSR count). The first-order valence-electron chi connectivity index (χ1n) is 5.57. The van der Waals surface area contributed by atoms with Crippen LogP contribution in [-0.4, -0.2) is 5.91 Å². The number of carbonyl (C=O) groups is 1. The maximum absolute atomic E-state index is 11.6. The van der Waals surface area contributed by atoms with Gasteiger partial charge in [-0.1, -0.05) is 18.1 Å². The summed E-state index contributed by atoms with van der Waals surface area (Å²) in [5.74, 6) is 3.01. The van der Waals surface area contributed by atoms with Crippen LogP contribution < -0.4 is 5.32 Å². The average Bonchev–Trinajstić information content (AvgIpc) is 3.13. The highest BCUT2D eigenvalue weighted by molar-refractivity contribution is 5.81. The van der Waals surface area contributed by atoms with Gasteiger partial charge in [0.25, 0.3) is 0 Å². The van der Waals surface area contributed by atoms with Crippen molar-refractivity contribution in [2.45, 2.75) is 25.8 Å². The van der Waals surface area contributed by atoms with E-state index in [1.165, 1.54) is 0 Å². The van der Waals surface area contributed by atoms with Gasteiger partial charge in [0, 0.05) is 11.5 Å². The summed E-state index contributed by atoms with van der Waals surface area (Å²) in [6.45, 7) is 1.99. The van der Waals surface area contributed by atoms with Crippen LogP contribution >= 0.6 is 0 Å². The van der Waals surface area contributed by atoms with Gasteiger partial charge in [-0.15, -0.1) is 6.42 Å². The smallest absolute Gasteiger partial charge is 0.223 e. The molecule has 16 heavy (non-hydrogen) atoms. The molecule has 0 aliphatic heterocycles. The Labute approximate surface area is 96.1 Å². The third-order valence-electron chi connectivity index (χ3n) is 2.88. The zero-order chi connectivity index (χ0) is 11.5. The van der Waals surface area contributed by atoms with Gasteiger partial charge in [-0.25, -0.2) is 0 Å². The Morgan fingerprint density at radius 2 is 2.06 bits per heavy atom. The molecule has 0 saturated heterocycles. The van der Waals surface area contributed by atoms with Crippen LogP contribution in [0.3, 0.4) is 0 Å². The molecule has 1 amide bonds. The first-order valence-corrected chi connectivity index (χ1v) is 5.57. The molecule has 1 atom stereocenters. The fourth-order valence-corrected chi connectivity index (χ4v) is 1.63. The van der Waals surface area contributed by atoms with Crippen LogP contribution in [0.2, 0.25) is 0 Å². The van der Waals surface area contributed by atoms with Crippen LogP contribution in [-0.2, 0) is 4.79 Å². The number of carbonyl (C=O) groups excluding carboxylic acids is 1.